The van der Waals surface area contributed by atoms with Crippen LogP contribution in [0.2, 0.25) is 0 Å². The minimum atomic E-state index is 1.15. The molecule has 0 amide bonds. The zero-order valence-electron chi connectivity index (χ0n) is 10.6. The van der Waals surface area contributed by atoms with E-state index in [4.69, 9.17) is 0 Å². The van der Waals surface area contributed by atoms with E-state index in [0.717, 1.165) is 6.42 Å². The van der Waals surface area contributed by atoms with Crippen LogP contribution in [0, 0.1) is 0 Å². The van der Waals surface area contributed by atoms with Crippen LogP contribution in [0.15, 0.2) is 23.4 Å². The maximum absolute atomic E-state index is 2.58. The largest absolute Gasteiger partial charge is 0.375 e. The lowest BCUT2D eigenvalue weighted by Crippen LogP contribution is -2.29. The van der Waals surface area contributed by atoms with E-state index in [-0.39, 0.29) is 0 Å². The number of hydrogen-bond donors (Lipinski definition) is 0. The molecule has 0 saturated heterocycles. The highest BCUT2D eigenvalue weighted by atomic mass is 15.1. The van der Waals surface area contributed by atoms with Crippen LogP contribution in [0.1, 0.15) is 52.9 Å². The highest BCUT2D eigenvalue weighted by Gasteiger charge is 2.15. The summed E-state index contributed by atoms with van der Waals surface area (Å²) in [5.41, 5.74) is 3.17. The minimum absolute atomic E-state index is 1.15. The van der Waals surface area contributed by atoms with Gasteiger partial charge in [-0.2, -0.15) is 0 Å². The molecule has 1 heterocycles. The lowest BCUT2D eigenvalue weighted by molar-refractivity contribution is 0.309. The third kappa shape index (κ3) is 3.40. The maximum atomic E-state index is 2.58. The van der Waals surface area contributed by atoms with Crippen molar-refractivity contribution in [3.63, 3.8) is 0 Å². The van der Waals surface area contributed by atoms with Gasteiger partial charge in [-0.1, -0.05) is 32.9 Å². The van der Waals surface area contributed by atoms with Crippen LogP contribution in [-0.4, -0.2) is 18.0 Å². The SMILES string of the molecule is CC/C=C\C1=C(CC)N(CCC)CCC1. The molecule has 15 heavy (non-hydrogen) atoms. The predicted molar refractivity (Wildman–Crippen MR) is 67.8 cm³/mol. The van der Waals surface area contributed by atoms with Crippen LogP contribution in [0.5, 0.6) is 0 Å². The first kappa shape index (κ1) is 12.4. The van der Waals surface area contributed by atoms with Crippen LogP contribution in [0.4, 0.5) is 0 Å². The monoisotopic (exact) mass is 207 g/mol. The van der Waals surface area contributed by atoms with Crippen molar-refractivity contribution in [2.24, 2.45) is 0 Å². The molecule has 1 heteroatoms. The molecule has 0 atom stereocenters. The lowest BCUT2D eigenvalue weighted by atomic mass is 9.99. The van der Waals surface area contributed by atoms with Crippen LogP contribution >= 0.6 is 0 Å². The molecule has 1 aliphatic rings. The second-order valence-electron chi connectivity index (χ2n) is 4.23. The van der Waals surface area contributed by atoms with E-state index < -0.39 is 0 Å². The van der Waals surface area contributed by atoms with E-state index in [1.165, 1.54) is 38.8 Å². The molecule has 0 aromatic rings. The summed E-state index contributed by atoms with van der Waals surface area (Å²) >= 11 is 0. The maximum Gasteiger partial charge on any atom is 0.0178 e. The van der Waals surface area contributed by atoms with Crippen LogP contribution in [0.3, 0.4) is 0 Å². The summed E-state index contributed by atoms with van der Waals surface area (Å²) < 4.78 is 0. The van der Waals surface area contributed by atoms with E-state index in [2.05, 4.69) is 37.8 Å². The standard InChI is InChI=1S/C14H25N/c1-4-7-9-13-10-8-12-15(11-5-2)14(13)6-3/h7,9H,4-6,8,10-12H2,1-3H3/b9-7-. The Kier molecular flexibility index (Phi) is 5.52. The van der Waals surface area contributed by atoms with Gasteiger partial charge < -0.3 is 4.90 Å². The zero-order chi connectivity index (χ0) is 11.1. The van der Waals surface area contributed by atoms with Gasteiger partial charge in [0.15, 0.2) is 0 Å². The van der Waals surface area contributed by atoms with Crippen molar-refractivity contribution in [1.82, 2.24) is 4.90 Å². The van der Waals surface area contributed by atoms with Gasteiger partial charge in [-0.25, -0.2) is 0 Å². The predicted octanol–water partition coefficient (Wildman–Crippen LogP) is 4.12. The first-order valence-corrected chi connectivity index (χ1v) is 6.46. The Hall–Kier alpha value is -0.720. The summed E-state index contributed by atoms with van der Waals surface area (Å²) in [5.74, 6) is 0. The summed E-state index contributed by atoms with van der Waals surface area (Å²) in [6.07, 6.45) is 10.8. The molecular weight excluding hydrogens is 182 g/mol. The van der Waals surface area contributed by atoms with Crippen molar-refractivity contribution >= 4 is 0 Å². The molecule has 0 aliphatic carbocycles. The number of hydrogen-bond acceptors (Lipinski definition) is 1. The average molecular weight is 207 g/mol. The second-order valence-corrected chi connectivity index (χ2v) is 4.23. The fraction of sp³-hybridized carbons (Fsp3) is 0.714. The number of nitrogens with zero attached hydrogens (tertiary/aromatic N) is 1. The lowest BCUT2D eigenvalue weighted by Gasteiger charge is -2.32. The molecule has 0 aromatic carbocycles. The average Bonchev–Trinajstić information content (AvgIpc) is 2.27. The molecule has 0 aromatic heterocycles. The summed E-state index contributed by atoms with van der Waals surface area (Å²) in [7, 11) is 0. The van der Waals surface area contributed by atoms with Crippen LogP contribution in [0.25, 0.3) is 0 Å². The molecule has 0 spiro atoms. The molecule has 1 aliphatic heterocycles. The van der Waals surface area contributed by atoms with E-state index in [1.807, 2.05) is 0 Å². The quantitative estimate of drug-likeness (QED) is 0.655. The van der Waals surface area contributed by atoms with Gasteiger partial charge in [0.2, 0.25) is 0 Å². The van der Waals surface area contributed by atoms with Gasteiger partial charge in [-0.3, -0.25) is 0 Å². The fourth-order valence-corrected chi connectivity index (χ4v) is 2.35. The molecule has 1 nitrogen and oxygen atoms in total. The third-order valence-electron chi connectivity index (χ3n) is 3.01. The summed E-state index contributed by atoms with van der Waals surface area (Å²) in [6.45, 7) is 9.25. The number of allylic oxidation sites excluding steroid dienone is 4. The smallest absolute Gasteiger partial charge is 0.0178 e. The van der Waals surface area contributed by atoms with Crippen LogP contribution in [-0.2, 0) is 0 Å². The van der Waals surface area contributed by atoms with E-state index in [9.17, 15) is 0 Å². The molecule has 86 valence electrons. The normalized spacial score (nSPS) is 17.9. The Balaban J connectivity index is 2.80. The molecule has 0 N–H and O–H groups in total. The molecule has 1 rings (SSSR count). The molecular formula is C14H25N. The highest BCUT2D eigenvalue weighted by Crippen LogP contribution is 2.25. The first-order valence-electron chi connectivity index (χ1n) is 6.46. The Morgan fingerprint density at radius 2 is 2.07 bits per heavy atom. The van der Waals surface area contributed by atoms with Crippen molar-refractivity contribution in [2.45, 2.75) is 52.9 Å². The van der Waals surface area contributed by atoms with Gasteiger partial charge in [-0.05, 0) is 37.7 Å². The molecule has 0 saturated carbocycles. The Bertz CT molecular complexity index is 238. The van der Waals surface area contributed by atoms with Gasteiger partial charge in [0.05, 0.1) is 0 Å². The van der Waals surface area contributed by atoms with Gasteiger partial charge >= 0.3 is 0 Å². The van der Waals surface area contributed by atoms with Crippen molar-refractivity contribution in [2.75, 3.05) is 13.1 Å². The highest BCUT2D eigenvalue weighted by molar-refractivity contribution is 5.27. The summed E-state index contributed by atoms with van der Waals surface area (Å²) in [4.78, 5) is 2.58. The summed E-state index contributed by atoms with van der Waals surface area (Å²) in [6, 6.07) is 0. The van der Waals surface area contributed by atoms with Gasteiger partial charge in [0.1, 0.15) is 0 Å². The summed E-state index contributed by atoms with van der Waals surface area (Å²) in [5, 5.41) is 0. The molecule has 0 fully saturated rings. The van der Waals surface area contributed by atoms with Gasteiger partial charge in [-0.15, -0.1) is 0 Å². The second kappa shape index (κ2) is 6.71. The molecule has 0 bridgehead atoms. The van der Waals surface area contributed by atoms with Gasteiger partial charge in [0.25, 0.3) is 0 Å². The third-order valence-corrected chi connectivity index (χ3v) is 3.01. The van der Waals surface area contributed by atoms with Crippen molar-refractivity contribution in [3.8, 4) is 0 Å². The Morgan fingerprint density at radius 3 is 2.67 bits per heavy atom. The molecule has 0 unspecified atom stereocenters. The van der Waals surface area contributed by atoms with Crippen molar-refractivity contribution in [1.29, 1.82) is 0 Å². The van der Waals surface area contributed by atoms with E-state index >= 15 is 0 Å². The Morgan fingerprint density at radius 1 is 1.27 bits per heavy atom. The molecule has 0 radical (unpaired) electrons. The van der Waals surface area contributed by atoms with E-state index in [0.29, 0.717) is 0 Å². The van der Waals surface area contributed by atoms with E-state index in [1.54, 1.807) is 11.3 Å². The minimum Gasteiger partial charge on any atom is -0.375 e. The van der Waals surface area contributed by atoms with Crippen molar-refractivity contribution in [3.05, 3.63) is 23.4 Å². The topological polar surface area (TPSA) is 3.24 Å². The van der Waals surface area contributed by atoms with Crippen LogP contribution < -0.4 is 0 Å². The van der Waals surface area contributed by atoms with Crippen molar-refractivity contribution < 1.29 is 0 Å². The number of rotatable bonds is 5. The van der Waals surface area contributed by atoms with Gasteiger partial charge in [0, 0.05) is 18.8 Å². The zero-order valence-corrected chi connectivity index (χ0v) is 10.6. The fourth-order valence-electron chi connectivity index (χ4n) is 2.35. The Labute approximate surface area is 94.9 Å². The first-order chi connectivity index (χ1) is 7.33.